The summed E-state index contributed by atoms with van der Waals surface area (Å²) in [5, 5.41) is 0.169. The third-order valence-corrected chi connectivity index (χ3v) is 11.6. The van der Waals surface area contributed by atoms with Crippen molar-refractivity contribution < 1.29 is 23.4 Å². The van der Waals surface area contributed by atoms with Gasteiger partial charge in [0.1, 0.15) is 0 Å². The zero-order chi connectivity index (χ0) is 23.1. The maximum absolute atomic E-state index is 11.4. The van der Waals surface area contributed by atoms with Gasteiger partial charge in [-0.05, 0) is 75.4 Å². The number of ether oxygens (including phenoxy) is 3. The SMILES string of the molecule is C=C(CCCCC(=O)OC)C1[C]CC(OC2CCCCO2)C1CO[Si](C)(C)C(C)(C)C. The van der Waals surface area contributed by atoms with E-state index in [1.54, 1.807) is 0 Å². The number of hydrogen-bond acceptors (Lipinski definition) is 5. The van der Waals surface area contributed by atoms with E-state index in [0.29, 0.717) is 13.0 Å². The largest absolute Gasteiger partial charge is 0.469 e. The first-order valence-electron chi connectivity index (χ1n) is 11.9. The molecule has 2 rings (SSSR count). The van der Waals surface area contributed by atoms with Crippen LogP contribution in [0, 0.1) is 18.3 Å². The molecular weight excluding hydrogens is 408 g/mol. The summed E-state index contributed by atoms with van der Waals surface area (Å²) in [5.74, 6) is 0.232. The van der Waals surface area contributed by atoms with E-state index < -0.39 is 8.32 Å². The van der Waals surface area contributed by atoms with E-state index in [9.17, 15) is 4.79 Å². The van der Waals surface area contributed by atoms with Crippen molar-refractivity contribution in [3.8, 4) is 0 Å². The maximum atomic E-state index is 11.4. The minimum atomic E-state index is -1.86. The van der Waals surface area contributed by atoms with Gasteiger partial charge in [0.15, 0.2) is 14.6 Å². The zero-order valence-corrected chi connectivity index (χ0v) is 21.6. The van der Waals surface area contributed by atoms with Gasteiger partial charge in [0.05, 0.1) is 13.2 Å². The lowest BCUT2D eigenvalue weighted by molar-refractivity contribution is -0.196. The molecule has 1 saturated heterocycles. The summed E-state index contributed by atoms with van der Waals surface area (Å²) < 4.78 is 23.6. The fourth-order valence-corrected chi connectivity index (χ4v) is 5.02. The van der Waals surface area contributed by atoms with Crippen molar-refractivity contribution in [2.24, 2.45) is 11.8 Å². The molecule has 1 saturated carbocycles. The molecule has 2 fully saturated rings. The van der Waals surface area contributed by atoms with Gasteiger partial charge in [0.2, 0.25) is 0 Å². The normalized spacial score (nSPS) is 27.3. The Balaban J connectivity index is 1.99. The first-order chi connectivity index (χ1) is 14.5. The standard InChI is InChI=1S/C25H44O5Si/c1-19(12-8-9-13-23(26)27-5)20-15-16-22(30-24-14-10-11-17-28-24)21(20)18-29-31(6,7)25(2,3)4/h20-22,24H,1,8-14,16-18H2,2-7H3. The van der Waals surface area contributed by atoms with Crippen molar-refractivity contribution in [1.82, 2.24) is 0 Å². The summed E-state index contributed by atoms with van der Waals surface area (Å²) in [5.41, 5.74) is 1.17. The summed E-state index contributed by atoms with van der Waals surface area (Å²) >= 11 is 0. The van der Waals surface area contributed by atoms with Crippen LogP contribution < -0.4 is 0 Å². The van der Waals surface area contributed by atoms with E-state index in [-0.39, 0.29) is 35.2 Å². The van der Waals surface area contributed by atoms with E-state index in [2.05, 4.69) is 46.9 Å². The predicted molar refractivity (Wildman–Crippen MR) is 126 cm³/mol. The lowest BCUT2D eigenvalue weighted by Gasteiger charge is -2.39. The van der Waals surface area contributed by atoms with Crippen LogP contribution in [0.1, 0.15) is 72.1 Å². The number of carbonyl (C=O) groups excluding carboxylic acids is 1. The molecule has 0 spiro atoms. The highest BCUT2D eigenvalue weighted by Gasteiger charge is 2.43. The molecule has 4 atom stereocenters. The molecule has 4 unspecified atom stereocenters. The van der Waals surface area contributed by atoms with Crippen LogP contribution in [0.2, 0.25) is 18.1 Å². The molecule has 0 aromatic rings. The number of methoxy groups -OCH3 is 1. The molecule has 6 heteroatoms. The minimum Gasteiger partial charge on any atom is -0.469 e. The molecule has 1 heterocycles. The van der Waals surface area contributed by atoms with Crippen LogP contribution in [0.4, 0.5) is 0 Å². The third kappa shape index (κ3) is 7.99. The minimum absolute atomic E-state index is 0.0599. The van der Waals surface area contributed by atoms with Gasteiger partial charge in [-0.1, -0.05) is 32.9 Å². The van der Waals surface area contributed by atoms with Crippen LogP contribution in [0.5, 0.6) is 0 Å². The van der Waals surface area contributed by atoms with Crippen LogP contribution in [0.25, 0.3) is 0 Å². The number of allylic oxidation sites excluding steroid dienone is 1. The average Bonchev–Trinajstić information content (AvgIpc) is 3.11. The second-order valence-electron chi connectivity index (χ2n) is 10.5. The summed E-state index contributed by atoms with van der Waals surface area (Å²) in [6.07, 6.45) is 10.7. The van der Waals surface area contributed by atoms with Gasteiger partial charge in [-0.15, -0.1) is 0 Å². The molecule has 1 aliphatic heterocycles. The summed E-state index contributed by atoms with van der Waals surface area (Å²) in [4.78, 5) is 11.4. The van der Waals surface area contributed by atoms with Crippen molar-refractivity contribution in [2.45, 2.75) is 103 Å². The third-order valence-electron chi connectivity index (χ3n) is 7.15. The number of carbonyl (C=O) groups is 1. The Hall–Kier alpha value is -0.693. The molecule has 2 aliphatic rings. The fourth-order valence-electron chi connectivity index (χ4n) is 3.97. The van der Waals surface area contributed by atoms with E-state index in [0.717, 1.165) is 51.6 Å². The van der Waals surface area contributed by atoms with E-state index in [1.807, 2.05) is 0 Å². The lowest BCUT2D eigenvalue weighted by Crippen LogP contribution is -2.44. The van der Waals surface area contributed by atoms with E-state index in [4.69, 9.17) is 18.6 Å². The van der Waals surface area contributed by atoms with Gasteiger partial charge >= 0.3 is 5.97 Å². The van der Waals surface area contributed by atoms with Crippen LogP contribution in [0.15, 0.2) is 12.2 Å². The number of hydrogen-bond donors (Lipinski definition) is 0. The number of rotatable bonds is 11. The topological polar surface area (TPSA) is 54.0 Å². The van der Waals surface area contributed by atoms with Gasteiger partial charge in [-0.25, -0.2) is 0 Å². The molecule has 0 amide bonds. The molecule has 5 nitrogen and oxygen atoms in total. The Bertz CT molecular complexity index is 577. The second kappa shape index (κ2) is 12.0. The van der Waals surface area contributed by atoms with Crippen LogP contribution in [-0.4, -0.2) is 47.0 Å². The van der Waals surface area contributed by atoms with Crippen molar-refractivity contribution in [1.29, 1.82) is 0 Å². The molecule has 2 radical (unpaired) electrons. The Labute approximate surface area is 191 Å². The Morgan fingerprint density at radius 3 is 2.52 bits per heavy atom. The molecule has 0 N–H and O–H groups in total. The highest BCUT2D eigenvalue weighted by Crippen LogP contribution is 2.43. The number of unbranched alkanes of at least 4 members (excludes halogenated alkanes) is 1. The summed E-state index contributed by atoms with van der Waals surface area (Å²) in [6.45, 7) is 17.3. The molecule has 1 aliphatic carbocycles. The first kappa shape index (κ1) is 26.6. The Kier molecular flexibility index (Phi) is 10.2. The molecular formula is C25H44O5Si. The number of esters is 1. The van der Waals surface area contributed by atoms with Crippen molar-refractivity contribution in [3.05, 3.63) is 18.6 Å². The Morgan fingerprint density at radius 1 is 1.19 bits per heavy atom. The van der Waals surface area contributed by atoms with Crippen molar-refractivity contribution in [2.75, 3.05) is 20.3 Å². The van der Waals surface area contributed by atoms with Gasteiger partial charge in [0, 0.05) is 25.6 Å². The smallest absolute Gasteiger partial charge is 0.305 e. The Morgan fingerprint density at radius 2 is 1.90 bits per heavy atom. The van der Waals surface area contributed by atoms with Crippen LogP contribution >= 0.6 is 0 Å². The van der Waals surface area contributed by atoms with Gasteiger partial charge < -0.3 is 18.6 Å². The van der Waals surface area contributed by atoms with Gasteiger partial charge in [0.25, 0.3) is 0 Å². The van der Waals surface area contributed by atoms with Crippen molar-refractivity contribution >= 4 is 14.3 Å². The molecule has 0 aromatic heterocycles. The highest BCUT2D eigenvalue weighted by molar-refractivity contribution is 6.74. The molecule has 31 heavy (non-hydrogen) atoms. The summed E-state index contributed by atoms with van der Waals surface area (Å²) in [6, 6.07) is 0. The highest BCUT2D eigenvalue weighted by atomic mass is 28.4. The van der Waals surface area contributed by atoms with Gasteiger partial charge in [-0.2, -0.15) is 0 Å². The summed E-state index contributed by atoms with van der Waals surface area (Å²) in [7, 11) is -0.425. The lowest BCUT2D eigenvalue weighted by atomic mass is 9.86. The fraction of sp³-hybridized carbons (Fsp3) is 0.840. The van der Waals surface area contributed by atoms with Gasteiger partial charge in [-0.3, -0.25) is 4.79 Å². The molecule has 0 bridgehead atoms. The van der Waals surface area contributed by atoms with E-state index in [1.165, 1.54) is 12.7 Å². The average molecular weight is 453 g/mol. The molecule has 0 aromatic carbocycles. The maximum Gasteiger partial charge on any atom is 0.305 e. The van der Waals surface area contributed by atoms with Crippen LogP contribution in [0.3, 0.4) is 0 Å². The monoisotopic (exact) mass is 452 g/mol. The second-order valence-corrected chi connectivity index (χ2v) is 15.3. The molecule has 178 valence electrons. The van der Waals surface area contributed by atoms with Crippen molar-refractivity contribution in [3.63, 3.8) is 0 Å². The zero-order valence-electron chi connectivity index (χ0n) is 20.6. The predicted octanol–water partition coefficient (Wildman–Crippen LogP) is 5.93. The first-order valence-corrected chi connectivity index (χ1v) is 14.8. The van der Waals surface area contributed by atoms with E-state index >= 15 is 0 Å². The van der Waals surface area contributed by atoms with Crippen LogP contribution in [-0.2, 0) is 23.4 Å². The quantitative estimate of drug-likeness (QED) is 0.168.